The van der Waals surface area contributed by atoms with E-state index in [-0.39, 0.29) is 36.1 Å². The van der Waals surface area contributed by atoms with E-state index in [9.17, 15) is 5.11 Å². The average Bonchev–Trinajstić information content (AvgIpc) is 3.12. The Bertz CT molecular complexity index is 1820. The van der Waals surface area contributed by atoms with Crippen molar-refractivity contribution in [2.45, 2.75) is 72.2 Å². The van der Waals surface area contributed by atoms with Gasteiger partial charge >= 0.3 is 12.0 Å². The largest absolute Gasteiger partial charge is 0.475 e. The van der Waals surface area contributed by atoms with Crippen LogP contribution in [0.2, 0.25) is 10.3 Å². The van der Waals surface area contributed by atoms with E-state index in [1.54, 1.807) is 42.7 Å². The maximum Gasteiger partial charge on any atom is 0.321 e. The molecule has 5 rings (SSSR count). The van der Waals surface area contributed by atoms with Crippen molar-refractivity contribution in [3.8, 4) is 57.9 Å². The molecule has 264 valence electrons. The van der Waals surface area contributed by atoms with Crippen molar-refractivity contribution in [2.75, 3.05) is 14.2 Å². The Labute approximate surface area is 301 Å². The van der Waals surface area contributed by atoms with Gasteiger partial charge in [0.15, 0.2) is 17.5 Å². The smallest absolute Gasteiger partial charge is 0.321 e. The van der Waals surface area contributed by atoms with Gasteiger partial charge in [-0.15, -0.1) is 0 Å². The summed E-state index contributed by atoms with van der Waals surface area (Å²) in [4.78, 5) is 33.8. The molecule has 1 N–H and O–H groups in total. The lowest BCUT2D eigenvalue weighted by Crippen LogP contribution is -2.11. The second kappa shape index (κ2) is 18.9. The minimum absolute atomic E-state index is 0.0775. The Kier molecular flexibility index (Phi) is 14.4. The lowest BCUT2D eigenvalue weighted by molar-refractivity contribution is 0.201. The van der Waals surface area contributed by atoms with E-state index in [1.165, 1.54) is 14.2 Å². The van der Waals surface area contributed by atoms with Gasteiger partial charge in [-0.2, -0.15) is 24.9 Å². The predicted octanol–water partition coefficient (Wildman–Crippen LogP) is 7.49. The van der Waals surface area contributed by atoms with Crippen molar-refractivity contribution in [1.82, 2.24) is 39.9 Å². The van der Waals surface area contributed by atoms with E-state index in [0.717, 1.165) is 25.7 Å². The van der Waals surface area contributed by atoms with E-state index < -0.39 is 0 Å². The van der Waals surface area contributed by atoms with Crippen molar-refractivity contribution in [3.05, 3.63) is 70.7 Å². The normalized spacial score (nSPS) is 11.9. The van der Waals surface area contributed by atoms with Crippen molar-refractivity contribution in [1.29, 1.82) is 0 Å². The highest BCUT2D eigenvalue weighted by Crippen LogP contribution is 2.29. The monoisotopic (exact) mass is 722 g/mol. The predicted molar refractivity (Wildman–Crippen MR) is 191 cm³/mol. The third-order valence-electron chi connectivity index (χ3n) is 7.05. The van der Waals surface area contributed by atoms with Crippen LogP contribution in [0.25, 0.3) is 34.2 Å². The molecule has 0 aliphatic rings. The lowest BCUT2D eigenvalue weighted by Gasteiger charge is -2.13. The number of hydrogen-bond acceptors (Lipinski definition) is 13. The van der Waals surface area contributed by atoms with Crippen LogP contribution < -0.4 is 18.9 Å². The highest BCUT2D eigenvalue weighted by atomic mass is 35.5. The minimum atomic E-state index is -0.110. The van der Waals surface area contributed by atoms with E-state index >= 15 is 0 Å². The summed E-state index contributed by atoms with van der Waals surface area (Å²) in [7, 11) is 2.96. The number of aliphatic hydroxyl groups is 1. The van der Waals surface area contributed by atoms with Crippen LogP contribution in [0.5, 0.6) is 23.8 Å². The Morgan fingerprint density at radius 1 is 0.660 bits per heavy atom. The summed E-state index contributed by atoms with van der Waals surface area (Å²) in [5.41, 5.74) is 2.70. The van der Waals surface area contributed by atoms with Crippen molar-refractivity contribution in [3.63, 3.8) is 0 Å². The van der Waals surface area contributed by atoms with E-state index in [4.69, 9.17) is 42.1 Å². The summed E-state index contributed by atoms with van der Waals surface area (Å²) >= 11 is 12.2. The van der Waals surface area contributed by atoms with Crippen molar-refractivity contribution >= 4 is 23.2 Å². The van der Waals surface area contributed by atoms with Crippen LogP contribution >= 0.6 is 23.2 Å². The zero-order valence-electron chi connectivity index (χ0n) is 28.8. The Morgan fingerprint density at radius 2 is 1.18 bits per heavy atom. The highest BCUT2D eigenvalue weighted by molar-refractivity contribution is 6.33. The second-order valence-corrected chi connectivity index (χ2v) is 11.8. The number of methoxy groups -OCH3 is 2. The first-order valence-corrected chi connectivity index (χ1v) is 16.8. The molecule has 1 aromatic carbocycles. The standard InChI is InChI=1S/C21H23ClN4O3.C14H17ClN4O2/c1-4-5-13(2)29-18-9-7-15(11-23-18)19-24-20(26-21(25-19)28-3)16-10-14(12-27)6-8-17(16)22;1-4-5-9(2)21-11-7-6-10(8-16-11)12-17-13(15)19-14(18-12)20-3/h6-11,13,27H,4-5,12H2,1-3H3;6-9H,4-5H2,1-3H3/t13-;9-/m11/s1. The molecule has 0 saturated heterocycles. The Balaban J connectivity index is 0.000000237. The zero-order valence-corrected chi connectivity index (χ0v) is 30.3. The molecule has 5 aromatic rings. The van der Waals surface area contributed by atoms with Crippen LogP contribution in [0, 0.1) is 0 Å². The van der Waals surface area contributed by atoms with Gasteiger partial charge in [-0.25, -0.2) is 15.0 Å². The fourth-order valence-corrected chi connectivity index (χ4v) is 4.95. The van der Waals surface area contributed by atoms with Gasteiger partial charge in [0, 0.05) is 41.2 Å². The molecule has 2 atom stereocenters. The highest BCUT2D eigenvalue weighted by Gasteiger charge is 2.15. The fraction of sp³-hybridized carbons (Fsp3) is 0.371. The second-order valence-electron chi connectivity index (χ2n) is 11.1. The minimum Gasteiger partial charge on any atom is -0.475 e. The third kappa shape index (κ3) is 10.9. The maximum atomic E-state index is 9.41. The molecule has 0 amide bonds. The number of pyridine rings is 2. The third-order valence-corrected chi connectivity index (χ3v) is 7.54. The Morgan fingerprint density at radius 3 is 1.66 bits per heavy atom. The number of hydrogen-bond donors (Lipinski definition) is 1. The number of ether oxygens (including phenoxy) is 4. The first-order valence-electron chi connectivity index (χ1n) is 16.1. The molecule has 15 heteroatoms. The van der Waals surface area contributed by atoms with Crippen LogP contribution in [0.15, 0.2) is 54.9 Å². The number of nitrogens with zero attached hydrogens (tertiary/aromatic N) is 8. The van der Waals surface area contributed by atoms with Crippen LogP contribution in [-0.4, -0.2) is 71.4 Å². The van der Waals surface area contributed by atoms with Gasteiger partial charge in [0.1, 0.15) is 0 Å². The van der Waals surface area contributed by atoms with Crippen LogP contribution in [0.1, 0.15) is 58.9 Å². The number of aliphatic hydroxyl groups excluding tert-OH is 1. The average molecular weight is 724 g/mol. The summed E-state index contributed by atoms with van der Waals surface area (Å²) in [5, 5.41) is 9.96. The fourth-order valence-electron chi connectivity index (χ4n) is 4.60. The van der Waals surface area contributed by atoms with Gasteiger partial charge in [-0.3, -0.25) is 0 Å². The molecule has 4 aromatic heterocycles. The first kappa shape index (κ1) is 38.1. The van der Waals surface area contributed by atoms with Crippen molar-refractivity contribution in [2.24, 2.45) is 0 Å². The lowest BCUT2D eigenvalue weighted by atomic mass is 10.1. The van der Waals surface area contributed by atoms with Gasteiger partial charge in [0.2, 0.25) is 17.0 Å². The van der Waals surface area contributed by atoms with Gasteiger partial charge < -0.3 is 24.1 Å². The summed E-state index contributed by atoms with van der Waals surface area (Å²) in [5.74, 6) is 2.29. The molecule has 13 nitrogen and oxygen atoms in total. The molecular weight excluding hydrogens is 683 g/mol. The van der Waals surface area contributed by atoms with E-state index in [1.807, 2.05) is 26.0 Å². The molecule has 0 aliphatic carbocycles. The first-order chi connectivity index (χ1) is 24.2. The quantitative estimate of drug-likeness (QED) is 0.120. The molecule has 0 aliphatic heterocycles. The summed E-state index contributed by atoms with van der Waals surface area (Å²) in [6.07, 6.45) is 7.60. The van der Waals surface area contributed by atoms with Gasteiger partial charge in [-0.1, -0.05) is 44.4 Å². The van der Waals surface area contributed by atoms with Crippen LogP contribution in [0.4, 0.5) is 0 Å². The van der Waals surface area contributed by atoms with Crippen molar-refractivity contribution < 1.29 is 24.1 Å². The molecule has 0 spiro atoms. The van der Waals surface area contributed by atoms with E-state index in [2.05, 4.69) is 53.7 Å². The van der Waals surface area contributed by atoms with Gasteiger partial charge in [0.25, 0.3) is 0 Å². The molecule has 50 heavy (non-hydrogen) atoms. The molecule has 4 heterocycles. The number of benzene rings is 1. The van der Waals surface area contributed by atoms with Crippen LogP contribution in [0.3, 0.4) is 0 Å². The zero-order chi connectivity index (χ0) is 36.0. The number of halogens is 2. The number of rotatable bonds is 14. The molecular formula is C35H40Cl2N8O5. The summed E-state index contributed by atoms with van der Waals surface area (Å²) < 4.78 is 21.7. The molecule has 0 fully saturated rings. The Hall–Kier alpha value is -4.72. The summed E-state index contributed by atoms with van der Waals surface area (Å²) in [6, 6.07) is 12.7. The van der Waals surface area contributed by atoms with Gasteiger partial charge in [-0.05, 0) is 68.1 Å². The van der Waals surface area contributed by atoms with Crippen LogP contribution in [-0.2, 0) is 6.61 Å². The SMILES string of the molecule is CCC[C@@H](C)Oc1ccc(-c2nc(Cl)nc(OC)n2)cn1.CCC[C@@H](C)Oc1ccc(-c2nc(OC)nc(-c3cc(CO)ccc3Cl)n2)cn1. The molecule has 0 bridgehead atoms. The van der Waals surface area contributed by atoms with E-state index in [0.29, 0.717) is 56.5 Å². The summed E-state index contributed by atoms with van der Waals surface area (Å²) in [6.45, 7) is 8.17. The number of aromatic nitrogens is 8. The molecule has 0 radical (unpaired) electrons. The molecule has 0 saturated carbocycles. The van der Waals surface area contributed by atoms with Gasteiger partial charge in [0.05, 0.1) is 38.1 Å². The topological polar surface area (TPSA) is 160 Å². The maximum absolute atomic E-state index is 9.41. The molecule has 0 unspecified atom stereocenters.